The van der Waals surface area contributed by atoms with Gasteiger partial charge in [-0.3, -0.25) is 14.5 Å². The van der Waals surface area contributed by atoms with Crippen LogP contribution in [-0.2, 0) is 16.1 Å². The monoisotopic (exact) mass is 455 g/mol. The number of carbonyl (C=O) groups is 2. The van der Waals surface area contributed by atoms with E-state index in [1.54, 1.807) is 11.3 Å². The van der Waals surface area contributed by atoms with Gasteiger partial charge in [0.15, 0.2) is 0 Å². The van der Waals surface area contributed by atoms with E-state index in [9.17, 15) is 9.59 Å². The van der Waals surface area contributed by atoms with Gasteiger partial charge in [0.25, 0.3) is 0 Å². The number of aryl methyl sites for hydroxylation is 1. The van der Waals surface area contributed by atoms with Crippen molar-refractivity contribution in [2.45, 2.75) is 39.7 Å². The van der Waals surface area contributed by atoms with E-state index >= 15 is 0 Å². The topological polar surface area (TPSA) is 61.9 Å². The third-order valence-corrected chi connectivity index (χ3v) is 7.76. The summed E-state index contributed by atoms with van der Waals surface area (Å²) in [6.07, 6.45) is 3.19. The highest BCUT2D eigenvalue weighted by molar-refractivity contribution is 7.16. The first kappa shape index (κ1) is 22.8. The van der Waals surface area contributed by atoms with Crippen LogP contribution in [0.25, 0.3) is 0 Å². The zero-order chi connectivity index (χ0) is 22.7. The molecule has 2 fully saturated rings. The molecule has 6 nitrogen and oxygen atoms in total. The van der Waals surface area contributed by atoms with Crippen LogP contribution >= 0.6 is 11.3 Å². The lowest BCUT2D eigenvalue weighted by Crippen LogP contribution is -2.38. The summed E-state index contributed by atoms with van der Waals surface area (Å²) in [4.78, 5) is 29.7. The quantitative estimate of drug-likeness (QED) is 0.649. The predicted octanol–water partition coefficient (Wildman–Crippen LogP) is 4.15. The molecule has 2 heterocycles. The summed E-state index contributed by atoms with van der Waals surface area (Å²) >= 11 is 1.64. The molecule has 1 aromatic heterocycles. The van der Waals surface area contributed by atoms with Crippen molar-refractivity contribution < 1.29 is 14.3 Å². The molecule has 1 saturated carbocycles. The Bertz CT molecular complexity index is 948. The number of nitrogens with zero attached hydrogens (tertiary/aromatic N) is 2. The summed E-state index contributed by atoms with van der Waals surface area (Å²) in [6, 6.07) is 12.1. The number of hydrogen-bond acceptors (Lipinski definition) is 5. The number of thiophene rings is 1. The van der Waals surface area contributed by atoms with E-state index in [1.165, 1.54) is 17.4 Å². The minimum absolute atomic E-state index is 0.0329. The molecule has 0 bridgehead atoms. The van der Waals surface area contributed by atoms with Crippen molar-refractivity contribution in [3.05, 3.63) is 46.8 Å². The van der Waals surface area contributed by atoms with Gasteiger partial charge in [-0.1, -0.05) is 17.7 Å². The van der Waals surface area contributed by atoms with Gasteiger partial charge in [0, 0.05) is 31.3 Å². The van der Waals surface area contributed by atoms with Gasteiger partial charge in [-0.2, -0.15) is 0 Å². The molecule has 1 atom stereocenters. The van der Waals surface area contributed by atoms with Crippen LogP contribution in [0.1, 0.15) is 36.6 Å². The molecule has 0 unspecified atom stereocenters. The molecule has 7 heteroatoms. The van der Waals surface area contributed by atoms with E-state index in [2.05, 4.69) is 23.2 Å². The van der Waals surface area contributed by atoms with Gasteiger partial charge < -0.3 is 15.0 Å². The second-order valence-electron chi connectivity index (χ2n) is 9.26. The van der Waals surface area contributed by atoms with Crippen LogP contribution in [0.2, 0.25) is 0 Å². The zero-order valence-corrected chi connectivity index (χ0v) is 20.0. The van der Waals surface area contributed by atoms with E-state index in [-0.39, 0.29) is 23.1 Å². The summed E-state index contributed by atoms with van der Waals surface area (Å²) in [5, 5.41) is 3.76. The second-order valence-corrected chi connectivity index (χ2v) is 10.4. The van der Waals surface area contributed by atoms with E-state index in [0.717, 1.165) is 49.6 Å². The first-order valence-electron chi connectivity index (χ1n) is 11.4. The summed E-state index contributed by atoms with van der Waals surface area (Å²) in [5.74, 6) is 1.25. The Morgan fingerprint density at radius 1 is 1.19 bits per heavy atom. The van der Waals surface area contributed by atoms with Crippen LogP contribution < -0.4 is 10.1 Å². The number of rotatable bonds is 8. The maximum absolute atomic E-state index is 13.0. The number of likely N-dealkylation sites (N-methyl/N-ethyl adjacent to an activating group) is 1. The Balaban J connectivity index is 1.19. The van der Waals surface area contributed by atoms with Gasteiger partial charge in [-0.25, -0.2) is 0 Å². The van der Waals surface area contributed by atoms with E-state index in [1.807, 2.05) is 42.3 Å². The fourth-order valence-electron chi connectivity index (χ4n) is 4.64. The van der Waals surface area contributed by atoms with Crippen molar-refractivity contribution in [3.63, 3.8) is 0 Å². The minimum Gasteiger partial charge on any atom is -0.492 e. The van der Waals surface area contributed by atoms with Crippen molar-refractivity contribution in [2.75, 3.05) is 38.6 Å². The molecular formula is C25H33N3O3S. The van der Waals surface area contributed by atoms with Crippen LogP contribution in [-0.4, -0.2) is 54.9 Å². The average molecular weight is 456 g/mol. The number of likely N-dealkylation sites (tertiary alicyclic amines) is 1. The highest BCUT2D eigenvalue weighted by Crippen LogP contribution is 2.60. The molecule has 172 valence electrons. The van der Waals surface area contributed by atoms with Gasteiger partial charge >= 0.3 is 0 Å². The number of carbonyl (C=O) groups excluding carboxylic acids is 2. The van der Waals surface area contributed by atoms with Crippen LogP contribution in [0.4, 0.5) is 5.00 Å². The molecule has 1 aliphatic carbocycles. The maximum atomic E-state index is 13.0. The van der Waals surface area contributed by atoms with Gasteiger partial charge in [0.2, 0.25) is 11.8 Å². The summed E-state index contributed by atoms with van der Waals surface area (Å²) in [6.45, 7) is 7.67. The SMILES string of the molecule is CC(=O)Nc1ccc(CN2CCC3(CC2)C[C@H]3C(=O)N(C)CCOc2ccc(C)cc2)s1. The Hall–Kier alpha value is -2.38. The summed E-state index contributed by atoms with van der Waals surface area (Å²) in [7, 11) is 1.89. The van der Waals surface area contributed by atoms with Crippen LogP contribution in [0.15, 0.2) is 36.4 Å². The zero-order valence-electron chi connectivity index (χ0n) is 19.2. The van der Waals surface area contributed by atoms with Gasteiger partial charge in [-0.05, 0) is 69.0 Å². The number of piperidine rings is 1. The molecule has 1 saturated heterocycles. The largest absolute Gasteiger partial charge is 0.492 e. The van der Waals surface area contributed by atoms with Crippen molar-refractivity contribution >= 4 is 28.2 Å². The molecule has 2 aromatic rings. The number of amides is 2. The third kappa shape index (κ3) is 5.51. The van der Waals surface area contributed by atoms with Gasteiger partial charge in [0.05, 0.1) is 11.5 Å². The van der Waals surface area contributed by atoms with Gasteiger partial charge in [0.1, 0.15) is 12.4 Å². The van der Waals surface area contributed by atoms with Crippen molar-refractivity contribution in [3.8, 4) is 5.75 Å². The smallest absolute Gasteiger partial charge is 0.226 e. The molecule has 32 heavy (non-hydrogen) atoms. The number of anilines is 1. The van der Waals surface area contributed by atoms with E-state index in [0.29, 0.717) is 13.2 Å². The lowest BCUT2D eigenvalue weighted by Gasteiger charge is -2.33. The lowest BCUT2D eigenvalue weighted by molar-refractivity contribution is -0.132. The number of hydrogen-bond donors (Lipinski definition) is 1. The molecule has 4 rings (SSSR count). The van der Waals surface area contributed by atoms with Crippen LogP contribution in [0.5, 0.6) is 5.75 Å². The highest BCUT2D eigenvalue weighted by atomic mass is 32.1. The Labute approximate surface area is 194 Å². The number of ether oxygens (including phenoxy) is 1. The first-order valence-corrected chi connectivity index (χ1v) is 12.2. The lowest BCUT2D eigenvalue weighted by atomic mass is 9.90. The van der Waals surface area contributed by atoms with Gasteiger partial charge in [-0.15, -0.1) is 11.3 Å². The molecule has 1 spiro atoms. The molecule has 2 amide bonds. The third-order valence-electron chi connectivity index (χ3n) is 6.77. The van der Waals surface area contributed by atoms with Crippen LogP contribution in [0.3, 0.4) is 0 Å². The normalized spacial score (nSPS) is 19.5. The molecular weight excluding hydrogens is 422 g/mol. The molecule has 1 N–H and O–H groups in total. The fourth-order valence-corrected chi connectivity index (χ4v) is 5.64. The standard InChI is InChI=1S/C25H33N3O3S/c1-18-4-6-20(7-5-18)31-15-14-27(3)24(30)22-16-25(22)10-12-28(13-11-25)17-21-8-9-23(32-21)26-19(2)29/h4-9,22H,10-17H2,1-3H3,(H,26,29)/t22-/m0/s1. The average Bonchev–Trinajstić information content (AvgIpc) is 3.29. The Morgan fingerprint density at radius 2 is 1.91 bits per heavy atom. The number of nitrogens with one attached hydrogen (secondary N) is 1. The molecule has 0 radical (unpaired) electrons. The van der Waals surface area contributed by atoms with Crippen molar-refractivity contribution in [1.82, 2.24) is 9.80 Å². The van der Waals surface area contributed by atoms with Crippen molar-refractivity contribution in [2.24, 2.45) is 11.3 Å². The highest BCUT2D eigenvalue weighted by Gasteiger charge is 2.58. The fraction of sp³-hybridized carbons (Fsp3) is 0.520. The van der Waals surface area contributed by atoms with E-state index < -0.39 is 0 Å². The minimum atomic E-state index is -0.0329. The summed E-state index contributed by atoms with van der Waals surface area (Å²) < 4.78 is 5.79. The predicted molar refractivity (Wildman–Crippen MR) is 128 cm³/mol. The second kappa shape index (κ2) is 9.63. The number of benzene rings is 1. The molecule has 2 aliphatic rings. The first-order chi connectivity index (χ1) is 15.3. The van der Waals surface area contributed by atoms with E-state index in [4.69, 9.17) is 4.74 Å². The Morgan fingerprint density at radius 3 is 2.59 bits per heavy atom. The molecule has 1 aliphatic heterocycles. The van der Waals surface area contributed by atoms with Crippen LogP contribution in [0, 0.1) is 18.3 Å². The Kier molecular flexibility index (Phi) is 6.86. The molecule has 1 aromatic carbocycles. The maximum Gasteiger partial charge on any atom is 0.226 e. The van der Waals surface area contributed by atoms with Crippen molar-refractivity contribution in [1.29, 1.82) is 0 Å². The summed E-state index contributed by atoms with van der Waals surface area (Å²) in [5.41, 5.74) is 1.41.